The summed E-state index contributed by atoms with van der Waals surface area (Å²) in [6, 6.07) is 8.14. The average molecular weight is 293 g/mol. The first kappa shape index (κ1) is 16.3. The molecule has 2 rings (SSSR count). The lowest BCUT2D eigenvalue weighted by atomic mass is 10.1. The highest BCUT2D eigenvalue weighted by atomic mass is 16.5. The summed E-state index contributed by atoms with van der Waals surface area (Å²) in [6.45, 7) is 6.46. The molecule has 2 atom stereocenters. The van der Waals surface area contributed by atoms with Gasteiger partial charge in [-0.3, -0.25) is 0 Å². The van der Waals surface area contributed by atoms with Crippen molar-refractivity contribution in [2.45, 2.75) is 25.9 Å². The molecule has 1 fully saturated rings. The Morgan fingerprint density at radius 2 is 2.33 bits per heavy atom. The number of hydrogen-bond acceptors (Lipinski definition) is 4. The first-order chi connectivity index (χ1) is 10.3. The van der Waals surface area contributed by atoms with Gasteiger partial charge in [0.05, 0.1) is 26.4 Å². The Kier molecular flexibility index (Phi) is 7.00. The predicted molar refractivity (Wildman–Crippen MR) is 83.8 cm³/mol. The van der Waals surface area contributed by atoms with Crippen molar-refractivity contribution in [3.8, 4) is 5.75 Å². The van der Waals surface area contributed by atoms with E-state index in [9.17, 15) is 0 Å². The summed E-state index contributed by atoms with van der Waals surface area (Å²) < 4.78 is 16.9. The summed E-state index contributed by atoms with van der Waals surface area (Å²) in [5.41, 5.74) is 1.16. The van der Waals surface area contributed by atoms with Crippen LogP contribution < -0.4 is 10.1 Å². The van der Waals surface area contributed by atoms with E-state index >= 15 is 0 Å². The van der Waals surface area contributed by atoms with Crippen LogP contribution in [0.4, 0.5) is 0 Å². The van der Waals surface area contributed by atoms with Crippen LogP contribution in [0.15, 0.2) is 24.3 Å². The van der Waals surface area contributed by atoms with E-state index in [1.54, 1.807) is 7.11 Å². The first-order valence-corrected chi connectivity index (χ1v) is 7.87. The Hall–Kier alpha value is -1.10. The highest BCUT2D eigenvalue weighted by molar-refractivity contribution is 5.30. The molecule has 4 heteroatoms. The van der Waals surface area contributed by atoms with Gasteiger partial charge in [0.2, 0.25) is 0 Å². The standard InChI is InChI=1S/C17H27NO3/c1-3-8-18-11-17(21-13-14-7-9-20-12-14)15-5-4-6-16(10-15)19-2/h4-6,10,14,17-18H,3,7-9,11-13H2,1-2H3. The van der Waals surface area contributed by atoms with Crippen LogP contribution in [0.5, 0.6) is 5.75 Å². The van der Waals surface area contributed by atoms with E-state index in [0.29, 0.717) is 5.92 Å². The smallest absolute Gasteiger partial charge is 0.119 e. The predicted octanol–water partition coefficient (Wildman–Crippen LogP) is 2.79. The molecule has 1 aromatic rings. The molecule has 0 saturated carbocycles. The molecule has 0 spiro atoms. The molecule has 0 amide bonds. The van der Waals surface area contributed by atoms with Gasteiger partial charge in [0.25, 0.3) is 0 Å². The largest absolute Gasteiger partial charge is 0.497 e. The third kappa shape index (κ3) is 5.30. The van der Waals surface area contributed by atoms with E-state index in [-0.39, 0.29) is 6.10 Å². The highest BCUT2D eigenvalue weighted by Crippen LogP contribution is 2.23. The van der Waals surface area contributed by atoms with Crippen LogP contribution in [0.25, 0.3) is 0 Å². The lowest BCUT2D eigenvalue weighted by Crippen LogP contribution is -2.25. The normalized spacial score (nSPS) is 19.6. The Labute approximate surface area is 127 Å². The van der Waals surface area contributed by atoms with E-state index in [1.165, 1.54) is 0 Å². The van der Waals surface area contributed by atoms with Crippen molar-refractivity contribution < 1.29 is 14.2 Å². The SMILES string of the molecule is CCCNCC(OCC1CCOC1)c1cccc(OC)c1. The van der Waals surface area contributed by atoms with Crippen LogP contribution in [-0.2, 0) is 9.47 Å². The molecule has 1 N–H and O–H groups in total. The molecule has 21 heavy (non-hydrogen) atoms. The quantitative estimate of drug-likeness (QED) is 0.711. The number of rotatable bonds is 9. The molecule has 1 aromatic carbocycles. The zero-order valence-corrected chi connectivity index (χ0v) is 13.1. The van der Waals surface area contributed by atoms with E-state index in [1.807, 2.05) is 12.1 Å². The van der Waals surface area contributed by atoms with Crippen LogP contribution in [0.3, 0.4) is 0 Å². The minimum absolute atomic E-state index is 0.0623. The third-order valence-corrected chi connectivity index (χ3v) is 3.78. The number of methoxy groups -OCH3 is 1. The van der Waals surface area contributed by atoms with Gasteiger partial charge in [-0.1, -0.05) is 19.1 Å². The molecule has 1 aliphatic rings. The molecular weight excluding hydrogens is 266 g/mol. The van der Waals surface area contributed by atoms with Crippen LogP contribution in [0.2, 0.25) is 0 Å². The second-order valence-corrected chi connectivity index (χ2v) is 5.53. The Morgan fingerprint density at radius 1 is 1.43 bits per heavy atom. The van der Waals surface area contributed by atoms with E-state index in [4.69, 9.17) is 14.2 Å². The maximum atomic E-state index is 6.16. The third-order valence-electron chi connectivity index (χ3n) is 3.78. The van der Waals surface area contributed by atoms with Gasteiger partial charge in [-0.05, 0) is 37.1 Å². The van der Waals surface area contributed by atoms with Crippen molar-refractivity contribution in [1.29, 1.82) is 0 Å². The van der Waals surface area contributed by atoms with Crippen LogP contribution >= 0.6 is 0 Å². The average Bonchev–Trinajstić information content (AvgIpc) is 3.04. The maximum absolute atomic E-state index is 6.16. The van der Waals surface area contributed by atoms with Gasteiger partial charge in [0.15, 0.2) is 0 Å². The van der Waals surface area contributed by atoms with Crippen molar-refractivity contribution in [3.05, 3.63) is 29.8 Å². The number of hydrogen-bond donors (Lipinski definition) is 1. The lowest BCUT2D eigenvalue weighted by molar-refractivity contribution is 0.0254. The number of benzene rings is 1. The van der Waals surface area contributed by atoms with Crippen LogP contribution in [0, 0.1) is 5.92 Å². The number of nitrogens with one attached hydrogen (secondary N) is 1. The summed E-state index contributed by atoms with van der Waals surface area (Å²) in [7, 11) is 1.69. The summed E-state index contributed by atoms with van der Waals surface area (Å²) in [4.78, 5) is 0. The molecule has 0 bridgehead atoms. The van der Waals surface area contributed by atoms with Crippen LogP contribution in [0.1, 0.15) is 31.4 Å². The Balaban J connectivity index is 1.95. The molecule has 1 aliphatic heterocycles. The van der Waals surface area contributed by atoms with Gasteiger partial charge in [-0.15, -0.1) is 0 Å². The van der Waals surface area contributed by atoms with Crippen LogP contribution in [-0.4, -0.2) is 40.0 Å². The Morgan fingerprint density at radius 3 is 3.05 bits per heavy atom. The minimum Gasteiger partial charge on any atom is -0.497 e. The van der Waals surface area contributed by atoms with Crippen molar-refractivity contribution in [3.63, 3.8) is 0 Å². The zero-order valence-electron chi connectivity index (χ0n) is 13.1. The van der Waals surface area contributed by atoms with E-state index in [0.717, 1.165) is 57.1 Å². The van der Waals surface area contributed by atoms with Gasteiger partial charge in [0, 0.05) is 19.1 Å². The fraction of sp³-hybridized carbons (Fsp3) is 0.647. The number of ether oxygens (including phenoxy) is 3. The molecule has 2 unspecified atom stereocenters. The summed E-state index contributed by atoms with van der Waals surface area (Å²) >= 11 is 0. The van der Waals surface area contributed by atoms with Crippen molar-refractivity contribution in [1.82, 2.24) is 5.32 Å². The van der Waals surface area contributed by atoms with Gasteiger partial charge in [-0.2, -0.15) is 0 Å². The molecule has 4 nitrogen and oxygen atoms in total. The zero-order chi connectivity index (χ0) is 14.9. The Bertz CT molecular complexity index is 405. The molecule has 0 aromatic heterocycles. The fourth-order valence-electron chi connectivity index (χ4n) is 2.49. The van der Waals surface area contributed by atoms with E-state index < -0.39 is 0 Å². The van der Waals surface area contributed by atoms with Gasteiger partial charge in [0.1, 0.15) is 5.75 Å². The van der Waals surface area contributed by atoms with E-state index in [2.05, 4.69) is 24.4 Å². The molecule has 0 aliphatic carbocycles. The topological polar surface area (TPSA) is 39.7 Å². The van der Waals surface area contributed by atoms with Gasteiger partial charge in [-0.25, -0.2) is 0 Å². The molecule has 0 radical (unpaired) electrons. The summed E-state index contributed by atoms with van der Waals surface area (Å²) in [5.74, 6) is 1.41. The molecule has 1 saturated heterocycles. The maximum Gasteiger partial charge on any atom is 0.119 e. The second kappa shape index (κ2) is 9.03. The minimum atomic E-state index is 0.0623. The van der Waals surface area contributed by atoms with Gasteiger partial charge >= 0.3 is 0 Å². The summed E-state index contributed by atoms with van der Waals surface area (Å²) in [5, 5.41) is 3.45. The second-order valence-electron chi connectivity index (χ2n) is 5.53. The lowest BCUT2D eigenvalue weighted by Gasteiger charge is -2.21. The summed E-state index contributed by atoms with van der Waals surface area (Å²) in [6.07, 6.45) is 2.29. The highest BCUT2D eigenvalue weighted by Gasteiger charge is 2.19. The monoisotopic (exact) mass is 293 g/mol. The van der Waals surface area contributed by atoms with Crippen molar-refractivity contribution in [2.75, 3.05) is 40.0 Å². The van der Waals surface area contributed by atoms with Crippen molar-refractivity contribution in [2.24, 2.45) is 5.92 Å². The molecule has 118 valence electrons. The first-order valence-electron chi connectivity index (χ1n) is 7.87. The fourth-order valence-corrected chi connectivity index (χ4v) is 2.49. The molecular formula is C17H27NO3. The van der Waals surface area contributed by atoms with Crippen molar-refractivity contribution >= 4 is 0 Å². The van der Waals surface area contributed by atoms with Gasteiger partial charge < -0.3 is 19.5 Å². The molecule has 1 heterocycles.